The number of hydrogen-bond acceptors (Lipinski definition) is 3. The van der Waals surface area contributed by atoms with Crippen LogP contribution in [0.1, 0.15) is 30.9 Å². The highest BCUT2D eigenvalue weighted by atomic mass is 16.4. The summed E-state index contributed by atoms with van der Waals surface area (Å²) in [5.74, 6) is -0.795. The molecule has 1 aliphatic heterocycles. The number of aliphatic carboxylic acids is 1. The van der Waals surface area contributed by atoms with Crippen molar-refractivity contribution >= 4 is 5.97 Å². The number of hydrogen-bond donors (Lipinski definition) is 2. The topological polar surface area (TPSA) is 60.8 Å². The highest BCUT2D eigenvalue weighted by molar-refractivity contribution is 5.69. The molecule has 1 aliphatic rings. The van der Waals surface area contributed by atoms with E-state index in [2.05, 4.69) is 0 Å². The highest BCUT2D eigenvalue weighted by Crippen LogP contribution is 2.26. The zero-order valence-corrected chi connectivity index (χ0v) is 10.3. The monoisotopic (exact) mass is 249 g/mol. The molecule has 1 saturated heterocycles. The molecule has 1 aromatic rings. The fourth-order valence-corrected chi connectivity index (χ4v) is 2.61. The van der Waals surface area contributed by atoms with Gasteiger partial charge in [0.05, 0.1) is 12.6 Å². The Hall–Kier alpha value is -1.39. The first-order valence-corrected chi connectivity index (χ1v) is 6.35. The molecule has 2 atom stereocenters. The quantitative estimate of drug-likeness (QED) is 0.833. The van der Waals surface area contributed by atoms with Gasteiger partial charge in [0.25, 0.3) is 0 Å². The molecule has 4 heteroatoms. The first-order valence-electron chi connectivity index (χ1n) is 6.35. The van der Waals surface area contributed by atoms with Crippen LogP contribution in [0.5, 0.6) is 0 Å². The van der Waals surface area contributed by atoms with Crippen LogP contribution in [0, 0.1) is 0 Å². The molecule has 0 spiro atoms. The average Bonchev–Trinajstić information content (AvgIpc) is 2.77. The van der Waals surface area contributed by atoms with Crippen molar-refractivity contribution in [2.75, 3.05) is 13.1 Å². The lowest BCUT2D eigenvalue weighted by Crippen LogP contribution is -2.35. The summed E-state index contributed by atoms with van der Waals surface area (Å²) in [5, 5.41) is 19.0. The highest BCUT2D eigenvalue weighted by Gasteiger charge is 2.28. The number of nitrogens with zero attached hydrogens (tertiary/aromatic N) is 1. The SMILES string of the molecule is O=C(O)CN1CCC[C@@H]1C[C@@H](O)c1ccccc1. The third-order valence-electron chi connectivity index (χ3n) is 3.52. The van der Waals surface area contributed by atoms with Crippen LogP contribution < -0.4 is 0 Å². The first kappa shape index (κ1) is 13.1. The van der Waals surface area contributed by atoms with Gasteiger partial charge in [-0.05, 0) is 31.4 Å². The first-order chi connectivity index (χ1) is 8.66. The van der Waals surface area contributed by atoms with E-state index in [0.717, 1.165) is 24.9 Å². The Morgan fingerprint density at radius 2 is 2.11 bits per heavy atom. The molecule has 0 bridgehead atoms. The molecule has 0 unspecified atom stereocenters. The fourth-order valence-electron chi connectivity index (χ4n) is 2.61. The summed E-state index contributed by atoms with van der Waals surface area (Å²) in [6, 6.07) is 9.71. The lowest BCUT2D eigenvalue weighted by molar-refractivity contribution is -0.138. The van der Waals surface area contributed by atoms with Crippen molar-refractivity contribution in [3.63, 3.8) is 0 Å². The second-order valence-corrected chi connectivity index (χ2v) is 4.82. The number of carboxylic acids is 1. The Labute approximate surface area is 107 Å². The minimum atomic E-state index is -0.795. The standard InChI is InChI=1S/C14H19NO3/c16-13(11-5-2-1-3-6-11)9-12-7-4-8-15(12)10-14(17)18/h1-3,5-6,12-13,16H,4,7-10H2,(H,17,18)/t12-,13-/m1/s1. The van der Waals surface area contributed by atoms with Gasteiger partial charge in [-0.15, -0.1) is 0 Å². The van der Waals surface area contributed by atoms with Crippen LogP contribution in [-0.2, 0) is 4.79 Å². The van der Waals surface area contributed by atoms with E-state index in [1.165, 1.54) is 0 Å². The third-order valence-corrected chi connectivity index (χ3v) is 3.52. The van der Waals surface area contributed by atoms with E-state index in [-0.39, 0.29) is 12.6 Å². The second-order valence-electron chi connectivity index (χ2n) is 4.82. The molecule has 1 fully saturated rings. The van der Waals surface area contributed by atoms with Gasteiger partial charge in [-0.3, -0.25) is 9.69 Å². The van der Waals surface area contributed by atoms with Gasteiger partial charge in [-0.1, -0.05) is 30.3 Å². The fraction of sp³-hybridized carbons (Fsp3) is 0.500. The third kappa shape index (κ3) is 3.31. The summed E-state index contributed by atoms with van der Waals surface area (Å²) in [6.45, 7) is 0.894. The average molecular weight is 249 g/mol. The zero-order valence-electron chi connectivity index (χ0n) is 10.3. The van der Waals surface area contributed by atoms with Crippen LogP contribution in [-0.4, -0.2) is 40.2 Å². The van der Waals surface area contributed by atoms with Crippen molar-refractivity contribution in [1.29, 1.82) is 0 Å². The maximum atomic E-state index is 10.8. The summed E-state index contributed by atoms with van der Waals surface area (Å²) in [4.78, 5) is 12.7. The Bertz CT molecular complexity index is 393. The van der Waals surface area contributed by atoms with Crippen molar-refractivity contribution in [2.24, 2.45) is 0 Å². The Morgan fingerprint density at radius 3 is 2.78 bits per heavy atom. The largest absolute Gasteiger partial charge is 0.480 e. The second kappa shape index (κ2) is 5.98. The van der Waals surface area contributed by atoms with Gasteiger partial charge in [0.2, 0.25) is 0 Å². The summed E-state index contributed by atoms with van der Waals surface area (Å²) >= 11 is 0. The van der Waals surface area contributed by atoms with Crippen LogP contribution in [0.4, 0.5) is 0 Å². The van der Waals surface area contributed by atoms with Crippen molar-refractivity contribution < 1.29 is 15.0 Å². The van der Waals surface area contributed by atoms with E-state index < -0.39 is 12.1 Å². The van der Waals surface area contributed by atoms with Crippen LogP contribution >= 0.6 is 0 Å². The lowest BCUT2D eigenvalue weighted by Gasteiger charge is -2.24. The molecule has 0 amide bonds. The van der Waals surface area contributed by atoms with Gasteiger partial charge in [-0.25, -0.2) is 0 Å². The molecule has 4 nitrogen and oxygen atoms in total. The van der Waals surface area contributed by atoms with Crippen molar-refractivity contribution in [2.45, 2.75) is 31.4 Å². The van der Waals surface area contributed by atoms with Crippen molar-refractivity contribution in [3.05, 3.63) is 35.9 Å². The minimum Gasteiger partial charge on any atom is -0.480 e. The summed E-state index contributed by atoms with van der Waals surface area (Å²) < 4.78 is 0. The molecule has 0 aliphatic carbocycles. The number of carbonyl (C=O) groups is 1. The molecule has 0 saturated carbocycles. The number of benzene rings is 1. The smallest absolute Gasteiger partial charge is 0.317 e. The molecule has 98 valence electrons. The van der Waals surface area contributed by atoms with Crippen molar-refractivity contribution in [1.82, 2.24) is 4.90 Å². The number of likely N-dealkylation sites (tertiary alicyclic amines) is 1. The molecule has 1 heterocycles. The van der Waals surface area contributed by atoms with E-state index in [4.69, 9.17) is 5.11 Å². The molecule has 0 aromatic heterocycles. The van der Waals surface area contributed by atoms with Gasteiger partial charge in [0, 0.05) is 6.04 Å². The normalized spacial score (nSPS) is 21.9. The maximum absolute atomic E-state index is 10.8. The number of carboxylic acid groups (broad SMARTS) is 1. The lowest BCUT2D eigenvalue weighted by atomic mass is 10.0. The predicted octanol–water partition coefficient (Wildman–Crippen LogP) is 1.66. The van der Waals surface area contributed by atoms with Crippen LogP contribution in [0.15, 0.2) is 30.3 Å². The number of aliphatic hydroxyl groups is 1. The van der Waals surface area contributed by atoms with Gasteiger partial charge in [-0.2, -0.15) is 0 Å². The molecule has 18 heavy (non-hydrogen) atoms. The van der Waals surface area contributed by atoms with Gasteiger partial charge >= 0.3 is 5.97 Å². The van der Waals surface area contributed by atoms with Gasteiger partial charge in [0.1, 0.15) is 0 Å². The number of aliphatic hydroxyl groups excluding tert-OH is 1. The van der Waals surface area contributed by atoms with Crippen LogP contribution in [0.3, 0.4) is 0 Å². The minimum absolute atomic E-state index is 0.0756. The van der Waals surface area contributed by atoms with Crippen molar-refractivity contribution in [3.8, 4) is 0 Å². The number of rotatable bonds is 5. The Morgan fingerprint density at radius 1 is 1.39 bits per heavy atom. The molecule has 0 radical (unpaired) electrons. The van der Waals surface area contributed by atoms with Gasteiger partial charge in [0.15, 0.2) is 0 Å². The van der Waals surface area contributed by atoms with Crippen LogP contribution in [0.2, 0.25) is 0 Å². The van der Waals surface area contributed by atoms with E-state index in [1.807, 2.05) is 35.2 Å². The Kier molecular flexibility index (Phi) is 4.33. The predicted molar refractivity (Wildman–Crippen MR) is 68.2 cm³/mol. The molecular formula is C14H19NO3. The summed E-state index contributed by atoms with van der Waals surface area (Å²) in [6.07, 6.45) is 2.08. The molecule has 2 rings (SSSR count). The Balaban J connectivity index is 1.94. The van der Waals surface area contributed by atoms with Crippen LogP contribution in [0.25, 0.3) is 0 Å². The summed E-state index contributed by atoms with van der Waals surface area (Å²) in [5.41, 5.74) is 0.902. The molecular weight excluding hydrogens is 230 g/mol. The summed E-state index contributed by atoms with van der Waals surface area (Å²) in [7, 11) is 0. The van der Waals surface area contributed by atoms with E-state index in [1.54, 1.807) is 0 Å². The maximum Gasteiger partial charge on any atom is 0.317 e. The van der Waals surface area contributed by atoms with Gasteiger partial charge < -0.3 is 10.2 Å². The van der Waals surface area contributed by atoms with E-state index in [0.29, 0.717) is 6.42 Å². The van der Waals surface area contributed by atoms with E-state index >= 15 is 0 Å². The zero-order chi connectivity index (χ0) is 13.0. The van der Waals surface area contributed by atoms with E-state index in [9.17, 15) is 9.90 Å². The molecule has 1 aromatic carbocycles. The molecule has 2 N–H and O–H groups in total.